The van der Waals surface area contributed by atoms with Gasteiger partial charge in [-0.2, -0.15) is 4.31 Å². The summed E-state index contributed by atoms with van der Waals surface area (Å²) >= 11 is 0. The minimum absolute atomic E-state index is 0.0180. The van der Waals surface area contributed by atoms with Crippen molar-refractivity contribution in [3.63, 3.8) is 0 Å². The zero-order valence-corrected chi connectivity index (χ0v) is 13.6. The van der Waals surface area contributed by atoms with Crippen LogP contribution in [0.4, 0.5) is 0 Å². The normalized spacial score (nSPS) is 29.4. The molecule has 2 aliphatic heterocycles. The number of hydrogen-bond donors (Lipinski definition) is 0. The highest BCUT2D eigenvalue weighted by molar-refractivity contribution is 7.89. The van der Waals surface area contributed by atoms with Crippen LogP contribution in [0.2, 0.25) is 0 Å². The smallest absolute Gasteiger partial charge is 0.213 e. The lowest BCUT2D eigenvalue weighted by Crippen LogP contribution is -2.36. The number of aromatic nitrogens is 1. The minimum atomic E-state index is -3.13. The maximum absolute atomic E-state index is 12.0. The highest BCUT2D eigenvalue weighted by atomic mass is 32.2. The van der Waals surface area contributed by atoms with Gasteiger partial charge in [0.15, 0.2) is 0 Å². The summed E-state index contributed by atoms with van der Waals surface area (Å²) in [5, 5.41) is 0. The monoisotopic (exact) mass is 326 g/mol. The number of sulfonamides is 1. The van der Waals surface area contributed by atoms with E-state index in [2.05, 4.69) is 4.98 Å². The molecule has 0 amide bonds. The Morgan fingerprint density at radius 3 is 3.14 bits per heavy atom. The van der Waals surface area contributed by atoms with Crippen LogP contribution in [0.5, 0.6) is 0 Å². The first-order chi connectivity index (χ1) is 10.5. The molecule has 3 rings (SSSR count). The summed E-state index contributed by atoms with van der Waals surface area (Å²) in [6.07, 6.45) is 5.04. The van der Waals surface area contributed by atoms with Gasteiger partial charge in [0, 0.05) is 31.9 Å². The first-order valence-electron chi connectivity index (χ1n) is 7.65. The van der Waals surface area contributed by atoms with Crippen LogP contribution >= 0.6 is 0 Å². The molecule has 0 saturated carbocycles. The highest BCUT2D eigenvalue weighted by Gasteiger charge is 2.48. The molecule has 1 aromatic heterocycles. The first-order valence-corrected chi connectivity index (χ1v) is 9.26. The molecule has 7 heteroatoms. The second kappa shape index (κ2) is 6.23. The summed E-state index contributed by atoms with van der Waals surface area (Å²) in [5.74, 6) is 0.143. The lowest BCUT2D eigenvalue weighted by molar-refractivity contribution is 0.00271. The van der Waals surface area contributed by atoms with Gasteiger partial charge in [-0.25, -0.2) is 8.42 Å². The average molecular weight is 326 g/mol. The van der Waals surface area contributed by atoms with E-state index in [-0.39, 0.29) is 17.5 Å². The van der Waals surface area contributed by atoms with Crippen molar-refractivity contribution in [2.45, 2.75) is 38.1 Å². The van der Waals surface area contributed by atoms with Gasteiger partial charge in [-0.3, -0.25) is 4.98 Å². The van der Waals surface area contributed by atoms with Crippen LogP contribution in [-0.4, -0.2) is 54.9 Å². The molecule has 2 aliphatic rings. The van der Waals surface area contributed by atoms with Crippen LogP contribution in [0.15, 0.2) is 24.5 Å². The van der Waals surface area contributed by atoms with E-state index >= 15 is 0 Å². The Labute approximate surface area is 131 Å². The number of hydrogen-bond acceptors (Lipinski definition) is 5. The maximum Gasteiger partial charge on any atom is 0.213 e. The summed E-state index contributed by atoms with van der Waals surface area (Å²) in [5.41, 5.74) is 0.673. The largest absolute Gasteiger partial charge is 0.371 e. The van der Waals surface area contributed by atoms with Gasteiger partial charge in [0.2, 0.25) is 10.0 Å². The summed E-state index contributed by atoms with van der Waals surface area (Å²) in [7, 11) is -3.13. The minimum Gasteiger partial charge on any atom is -0.371 e. The number of pyridine rings is 1. The van der Waals surface area contributed by atoms with Crippen molar-refractivity contribution in [1.82, 2.24) is 9.29 Å². The van der Waals surface area contributed by atoms with Gasteiger partial charge >= 0.3 is 0 Å². The zero-order chi connectivity index (χ0) is 15.6. The van der Waals surface area contributed by atoms with Crippen LogP contribution in [0, 0.1) is 0 Å². The van der Waals surface area contributed by atoms with E-state index in [0.29, 0.717) is 26.3 Å². The van der Waals surface area contributed by atoms with Crippen LogP contribution in [0.3, 0.4) is 0 Å². The highest BCUT2D eigenvalue weighted by Crippen LogP contribution is 2.37. The van der Waals surface area contributed by atoms with Gasteiger partial charge in [0.05, 0.1) is 30.7 Å². The second-order valence-corrected chi connectivity index (χ2v) is 8.23. The van der Waals surface area contributed by atoms with E-state index < -0.39 is 10.0 Å². The molecule has 0 bridgehead atoms. The Bertz CT molecular complexity index is 607. The van der Waals surface area contributed by atoms with E-state index in [1.165, 1.54) is 0 Å². The van der Waals surface area contributed by atoms with Gasteiger partial charge in [0.25, 0.3) is 0 Å². The van der Waals surface area contributed by atoms with Crippen molar-refractivity contribution in [3.8, 4) is 0 Å². The van der Waals surface area contributed by atoms with E-state index in [0.717, 1.165) is 18.4 Å². The Balaban J connectivity index is 1.54. The van der Waals surface area contributed by atoms with Crippen molar-refractivity contribution in [2.75, 3.05) is 25.4 Å². The fourth-order valence-corrected chi connectivity index (χ4v) is 4.29. The van der Waals surface area contributed by atoms with Gasteiger partial charge in [-0.1, -0.05) is 6.07 Å². The van der Waals surface area contributed by atoms with Crippen LogP contribution < -0.4 is 0 Å². The number of nitrogens with zero attached hydrogens (tertiary/aromatic N) is 2. The fraction of sp³-hybridized carbons (Fsp3) is 0.667. The van der Waals surface area contributed by atoms with Crippen molar-refractivity contribution in [1.29, 1.82) is 0 Å². The molecule has 0 aromatic carbocycles. The zero-order valence-electron chi connectivity index (χ0n) is 12.8. The lowest BCUT2D eigenvalue weighted by Gasteiger charge is -2.23. The Kier molecular flexibility index (Phi) is 4.49. The molecule has 3 heterocycles. The van der Waals surface area contributed by atoms with Gasteiger partial charge in [-0.05, 0) is 25.0 Å². The van der Waals surface area contributed by atoms with E-state index in [1.807, 2.05) is 12.1 Å². The number of ether oxygens (including phenoxy) is 2. The first kappa shape index (κ1) is 15.9. The standard InChI is InChI=1S/C15H22N2O4S/c1-2-22(18,19)17-7-5-15(12-17)8-14(11-21-15)20-10-13-4-3-6-16-9-13/h3-4,6,9,14H,2,5,7-8,10-12H2,1H3/t14-,15-/m0/s1. The summed E-state index contributed by atoms with van der Waals surface area (Å²) in [6, 6.07) is 3.86. The molecule has 2 saturated heterocycles. The molecule has 0 radical (unpaired) electrons. The van der Waals surface area contributed by atoms with Crippen LogP contribution in [-0.2, 0) is 26.1 Å². The Morgan fingerprint density at radius 2 is 2.41 bits per heavy atom. The second-order valence-electron chi connectivity index (χ2n) is 5.98. The van der Waals surface area contributed by atoms with Crippen LogP contribution in [0.1, 0.15) is 25.3 Å². The molecule has 0 N–H and O–H groups in total. The number of rotatable bonds is 5. The molecule has 1 spiro atoms. The fourth-order valence-electron chi connectivity index (χ4n) is 3.12. The average Bonchev–Trinajstić information content (AvgIpc) is 3.14. The molecule has 122 valence electrons. The Hall–Kier alpha value is -1.02. The summed E-state index contributed by atoms with van der Waals surface area (Å²) in [4.78, 5) is 4.06. The van der Waals surface area contributed by atoms with Crippen molar-refractivity contribution in [3.05, 3.63) is 30.1 Å². The van der Waals surface area contributed by atoms with Crippen molar-refractivity contribution < 1.29 is 17.9 Å². The molecule has 6 nitrogen and oxygen atoms in total. The predicted molar refractivity (Wildman–Crippen MR) is 81.8 cm³/mol. The molecular weight excluding hydrogens is 304 g/mol. The van der Waals surface area contributed by atoms with E-state index in [9.17, 15) is 8.42 Å². The van der Waals surface area contributed by atoms with Gasteiger partial charge in [0.1, 0.15) is 0 Å². The third kappa shape index (κ3) is 3.32. The van der Waals surface area contributed by atoms with Crippen molar-refractivity contribution >= 4 is 10.0 Å². The maximum atomic E-state index is 12.0. The molecule has 1 aromatic rings. The molecule has 0 unspecified atom stereocenters. The van der Waals surface area contributed by atoms with Crippen LogP contribution in [0.25, 0.3) is 0 Å². The van der Waals surface area contributed by atoms with E-state index in [4.69, 9.17) is 9.47 Å². The SMILES string of the molecule is CCS(=O)(=O)N1CC[C@]2(C[C@H](OCc3cccnc3)CO2)C1. The summed E-state index contributed by atoms with van der Waals surface area (Å²) < 4.78 is 37.3. The molecule has 0 aliphatic carbocycles. The molecule has 22 heavy (non-hydrogen) atoms. The van der Waals surface area contributed by atoms with Gasteiger partial charge < -0.3 is 9.47 Å². The quantitative estimate of drug-likeness (QED) is 0.813. The van der Waals surface area contributed by atoms with Crippen molar-refractivity contribution in [2.24, 2.45) is 0 Å². The molecule has 2 fully saturated rings. The topological polar surface area (TPSA) is 68.7 Å². The Morgan fingerprint density at radius 1 is 1.55 bits per heavy atom. The third-order valence-corrected chi connectivity index (χ3v) is 6.25. The lowest BCUT2D eigenvalue weighted by atomic mass is 9.98. The molecular formula is C15H22N2O4S. The van der Waals surface area contributed by atoms with E-state index in [1.54, 1.807) is 23.6 Å². The molecule has 2 atom stereocenters. The predicted octanol–water partition coefficient (Wildman–Crippen LogP) is 1.18. The third-order valence-electron chi connectivity index (χ3n) is 4.42. The van der Waals surface area contributed by atoms with Gasteiger partial charge in [-0.15, -0.1) is 0 Å². The summed E-state index contributed by atoms with van der Waals surface area (Å²) in [6.45, 7) is 3.71.